The molecule has 0 aromatic carbocycles. The Morgan fingerprint density at radius 2 is 2.24 bits per heavy atom. The Morgan fingerprint density at radius 1 is 1.59 bits per heavy atom. The van der Waals surface area contributed by atoms with Crippen LogP contribution in [0.3, 0.4) is 0 Å². The number of nitrogens with one attached hydrogen (secondary N) is 1. The minimum Gasteiger partial charge on any atom is -0.323 e. The lowest BCUT2D eigenvalue weighted by Gasteiger charge is -2.14. The fourth-order valence-corrected chi connectivity index (χ4v) is 1.58. The molecular weight excluding hydrogens is 238 g/mol. The zero-order valence-electron chi connectivity index (χ0n) is 10.3. The van der Waals surface area contributed by atoms with E-state index in [2.05, 4.69) is 10.3 Å². The third kappa shape index (κ3) is 4.32. The third-order valence-electron chi connectivity index (χ3n) is 2.34. The molecule has 0 saturated carbocycles. The molecule has 3 N–H and O–H groups in total. The van der Waals surface area contributed by atoms with Crippen molar-refractivity contribution < 1.29 is 4.79 Å². The average molecular weight is 256 g/mol. The summed E-state index contributed by atoms with van der Waals surface area (Å²) in [5, 5.41) is 3.17. The predicted molar refractivity (Wildman–Crippen MR) is 70.0 cm³/mol. The molecule has 0 fully saturated rings. The Kier molecular flexibility index (Phi) is 4.90. The predicted octanol–water partition coefficient (Wildman–Crippen LogP) is 2.36. The number of rotatable bonds is 4. The maximum atomic E-state index is 11.7. The molecule has 1 heterocycles. The van der Waals surface area contributed by atoms with Gasteiger partial charge in [0.2, 0.25) is 5.91 Å². The van der Waals surface area contributed by atoms with Crippen LogP contribution in [0.5, 0.6) is 0 Å². The maximum Gasteiger partial charge on any atom is 0.241 e. The minimum absolute atomic E-state index is 0.192. The number of anilines is 1. The van der Waals surface area contributed by atoms with Crippen molar-refractivity contribution in [2.24, 2.45) is 11.7 Å². The molecule has 0 aliphatic carbocycles. The van der Waals surface area contributed by atoms with Gasteiger partial charge in [-0.05, 0) is 30.9 Å². The normalized spacial score (nSPS) is 12.6. The number of pyridine rings is 1. The van der Waals surface area contributed by atoms with E-state index >= 15 is 0 Å². The van der Waals surface area contributed by atoms with Crippen molar-refractivity contribution >= 4 is 23.2 Å². The standard InChI is InChI=1S/C12H18ClN3O/c1-7(2)4-10(14)12(17)16-9-5-8(3)11(13)15-6-9/h5-7,10H,4,14H2,1-3H3,(H,16,17)/t10-/m0/s1. The monoisotopic (exact) mass is 255 g/mol. The number of carbonyl (C=O) groups is 1. The van der Waals surface area contributed by atoms with Gasteiger partial charge in [-0.15, -0.1) is 0 Å². The lowest BCUT2D eigenvalue weighted by atomic mass is 10.0. The highest BCUT2D eigenvalue weighted by molar-refractivity contribution is 6.30. The van der Waals surface area contributed by atoms with Gasteiger partial charge in [-0.3, -0.25) is 4.79 Å². The van der Waals surface area contributed by atoms with Gasteiger partial charge in [-0.2, -0.15) is 0 Å². The van der Waals surface area contributed by atoms with Crippen LogP contribution in [0.15, 0.2) is 12.3 Å². The Hall–Kier alpha value is -1.13. The molecule has 0 aliphatic heterocycles. The maximum absolute atomic E-state index is 11.7. The van der Waals surface area contributed by atoms with Crippen molar-refractivity contribution in [1.82, 2.24) is 4.98 Å². The molecule has 0 unspecified atom stereocenters. The van der Waals surface area contributed by atoms with Crippen LogP contribution in [0.2, 0.25) is 5.15 Å². The van der Waals surface area contributed by atoms with Crippen LogP contribution < -0.4 is 11.1 Å². The first-order valence-electron chi connectivity index (χ1n) is 5.58. The lowest BCUT2D eigenvalue weighted by Crippen LogP contribution is -2.36. The quantitative estimate of drug-likeness (QED) is 0.812. The number of nitrogens with two attached hydrogens (primary N) is 1. The van der Waals surface area contributed by atoms with Crippen LogP contribution >= 0.6 is 11.6 Å². The summed E-state index contributed by atoms with van der Waals surface area (Å²) in [5.74, 6) is 0.197. The smallest absolute Gasteiger partial charge is 0.241 e. The minimum atomic E-state index is -0.494. The molecular formula is C12H18ClN3O. The first-order valence-corrected chi connectivity index (χ1v) is 5.96. The van der Waals surface area contributed by atoms with Crippen LogP contribution in [-0.4, -0.2) is 16.9 Å². The number of aromatic nitrogens is 1. The summed E-state index contributed by atoms with van der Waals surface area (Å²) >= 11 is 5.80. The van der Waals surface area contributed by atoms with E-state index in [1.165, 1.54) is 6.20 Å². The van der Waals surface area contributed by atoms with Gasteiger partial charge in [-0.25, -0.2) is 4.98 Å². The summed E-state index contributed by atoms with van der Waals surface area (Å²) in [5.41, 5.74) is 7.22. The zero-order chi connectivity index (χ0) is 13.0. The van der Waals surface area contributed by atoms with Gasteiger partial charge in [0.1, 0.15) is 5.15 Å². The number of nitrogens with zero attached hydrogens (tertiary/aromatic N) is 1. The second-order valence-electron chi connectivity index (χ2n) is 4.56. The van der Waals surface area contributed by atoms with Gasteiger partial charge in [0.25, 0.3) is 0 Å². The molecule has 0 aliphatic rings. The molecule has 0 spiro atoms. The summed E-state index contributed by atoms with van der Waals surface area (Å²) in [6, 6.07) is 1.28. The van der Waals surface area contributed by atoms with E-state index in [-0.39, 0.29) is 5.91 Å². The van der Waals surface area contributed by atoms with E-state index in [0.717, 1.165) is 5.56 Å². The van der Waals surface area contributed by atoms with E-state index in [9.17, 15) is 4.79 Å². The highest BCUT2D eigenvalue weighted by atomic mass is 35.5. The highest BCUT2D eigenvalue weighted by Crippen LogP contribution is 2.16. The van der Waals surface area contributed by atoms with Gasteiger partial charge in [0, 0.05) is 0 Å². The summed E-state index contributed by atoms with van der Waals surface area (Å²) < 4.78 is 0. The van der Waals surface area contributed by atoms with Gasteiger partial charge in [0.05, 0.1) is 17.9 Å². The number of aryl methyl sites for hydroxylation is 1. The van der Waals surface area contributed by atoms with Crippen molar-refractivity contribution in [3.05, 3.63) is 23.0 Å². The Bertz CT molecular complexity index is 407. The van der Waals surface area contributed by atoms with Crippen LogP contribution in [0.4, 0.5) is 5.69 Å². The van der Waals surface area contributed by atoms with Crippen LogP contribution in [0, 0.1) is 12.8 Å². The fourth-order valence-electron chi connectivity index (χ4n) is 1.48. The van der Waals surface area contributed by atoms with Crippen molar-refractivity contribution in [3.63, 3.8) is 0 Å². The van der Waals surface area contributed by atoms with E-state index in [1.807, 2.05) is 20.8 Å². The van der Waals surface area contributed by atoms with E-state index in [0.29, 0.717) is 23.2 Å². The van der Waals surface area contributed by atoms with E-state index in [1.54, 1.807) is 6.07 Å². The van der Waals surface area contributed by atoms with Crippen molar-refractivity contribution in [1.29, 1.82) is 0 Å². The zero-order valence-corrected chi connectivity index (χ0v) is 11.1. The third-order valence-corrected chi connectivity index (χ3v) is 2.74. The number of hydrogen-bond donors (Lipinski definition) is 2. The molecule has 1 atom stereocenters. The number of hydrogen-bond acceptors (Lipinski definition) is 3. The first kappa shape index (κ1) is 13.9. The van der Waals surface area contributed by atoms with Crippen LogP contribution in [-0.2, 0) is 4.79 Å². The molecule has 1 amide bonds. The molecule has 0 bridgehead atoms. The van der Waals surface area contributed by atoms with Crippen molar-refractivity contribution in [3.8, 4) is 0 Å². The van der Waals surface area contributed by atoms with Gasteiger partial charge in [-0.1, -0.05) is 25.4 Å². The summed E-state index contributed by atoms with van der Waals surface area (Å²) in [6.45, 7) is 5.89. The molecule has 1 aromatic heterocycles. The number of halogens is 1. The molecule has 4 nitrogen and oxygen atoms in total. The van der Waals surface area contributed by atoms with Gasteiger partial charge in [0.15, 0.2) is 0 Å². The largest absolute Gasteiger partial charge is 0.323 e. The van der Waals surface area contributed by atoms with Crippen LogP contribution in [0.25, 0.3) is 0 Å². The average Bonchev–Trinajstić information content (AvgIpc) is 2.22. The van der Waals surface area contributed by atoms with E-state index < -0.39 is 6.04 Å². The Morgan fingerprint density at radius 3 is 2.76 bits per heavy atom. The Labute approximate surface area is 107 Å². The van der Waals surface area contributed by atoms with Gasteiger partial charge < -0.3 is 11.1 Å². The second kappa shape index (κ2) is 5.98. The fraction of sp³-hybridized carbons (Fsp3) is 0.500. The number of amides is 1. The second-order valence-corrected chi connectivity index (χ2v) is 4.92. The lowest BCUT2D eigenvalue weighted by molar-refractivity contribution is -0.117. The molecule has 0 radical (unpaired) electrons. The molecule has 1 aromatic rings. The summed E-state index contributed by atoms with van der Waals surface area (Å²) in [4.78, 5) is 15.7. The SMILES string of the molecule is Cc1cc(NC(=O)[C@@H](N)CC(C)C)cnc1Cl. The molecule has 1 rings (SSSR count). The molecule has 94 valence electrons. The molecule has 0 saturated heterocycles. The molecule has 5 heteroatoms. The Balaban J connectivity index is 2.64. The summed E-state index contributed by atoms with van der Waals surface area (Å²) in [6.07, 6.45) is 2.18. The summed E-state index contributed by atoms with van der Waals surface area (Å²) in [7, 11) is 0. The van der Waals surface area contributed by atoms with Gasteiger partial charge >= 0.3 is 0 Å². The van der Waals surface area contributed by atoms with Crippen molar-refractivity contribution in [2.75, 3.05) is 5.32 Å². The van der Waals surface area contributed by atoms with Crippen molar-refractivity contribution in [2.45, 2.75) is 33.2 Å². The first-order chi connectivity index (χ1) is 7.90. The topological polar surface area (TPSA) is 68.0 Å². The molecule has 17 heavy (non-hydrogen) atoms. The van der Waals surface area contributed by atoms with E-state index in [4.69, 9.17) is 17.3 Å². The number of carbonyl (C=O) groups excluding carboxylic acids is 1. The highest BCUT2D eigenvalue weighted by Gasteiger charge is 2.15. The van der Waals surface area contributed by atoms with Crippen LogP contribution in [0.1, 0.15) is 25.8 Å².